The first-order valence-corrected chi connectivity index (χ1v) is 6.34. The topological polar surface area (TPSA) is 75.6 Å². The third kappa shape index (κ3) is 3.14. The summed E-state index contributed by atoms with van der Waals surface area (Å²) >= 11 is 5.93. The average Bonchev–Trinajstić information content (AvgIpc) is 2.85. The lowest BCUT2D eigenvalue weighted by molar-refractivity contribution is 0.0930. The Morgan fingerprint density at radius 3 is 2.89 bits per heavy atom. The minimum atomic E-state index is -0.232. The maximum Gasteiger partial charge on any atom is 0.271 e. The van der Waals surface area contributed by atoms with Crippen molar-refractivity contribution < 1.29 is 4.79 Å². The van der Waals surface area contributed by atoms with E-state index in [0.29, 0.717) is 17.1 Å². The van der Waals surface area contributed by atoms with Crippen LogP contribution in [0.25, 0.3) is 0 Å². The largest absolute Gasteiger partial charge is 0.348 e. The summed E-state index contributed by atoms with van der Waals surface area (Å²) in [5, 5.41) is 14.2. The third-order valence-electron chi connectivity index (χ3n) is 2.76. The first-order chi connectivity index (χ1) is 8.97. The molecule has 102 valence electrons. The lowest BCUT2D eigenvalue weighted by atomic mass is 10.1. The molecule has 2 rings (SSSR count). The Hall–Kier alpha value is -1.82. The van der Waals surface area contributed by atoms with Gasteiger partial charge in [0.1, 0.15) is 5.69 Å². The zero-order valence-corrected chi connectivity index (χ0v) is 11.8. The second kappa shape index (κ2) is 5.44. The van der Waals surface area contributed by atoms with Crippen molar-refractivity contribution in [3.05, 3.63) is 34.4 Å². The smallest absolute Gasteiger partial charge is 0.271 e. The summed E-state index contributed by atoms with van der Waals surface area (Å²) in [7, 11) is 1.68. The van der Waals surface area contributed by atoms with E-state index in [2.05, 4.69) is 20.6 Å². The molecule has 0 radical (unpaired) electrons. The summed E-state index contributed by atoms with van der Waals surface area (Å²) < 4.78 is 1.46. The number of nitrogens with one attached hydrogen (secondary N) is 2. The van der Waals surface area contributed by atoms with Gasteiger partial charge in [0.15, 0.2) is 0 Å². The number of aromatic nitrogens is 4. The molecule has 0 aliphatic heterocycles. The Morgan fingerprint density at radius 1 is 1.63 bits per heavy atom. The molecule has 7 heteroatoms. The van der Waals surface area contributed by atoms with Gasteiger partial charge in [-0.3, -0.25) is 14.6 Å². The minimum absolute atomic E-state index is 0.0406. The molecule has 0 unspecified atom stereocenters. The maximum absolute atomic E-state index is 12.1. The van der Waals surface area contributed by atoms with Gasteiger partial charge < -0.3 is 5.32 Å². The molecule has 1 amide bonds. The Labute approximate surface area is 116 Å². The zero-order valence-electron chi connectivity index (χ0n) is 11.1. The van der Waals surface area contributed by atoms with E-state index in [1.165, 1.54) is 10.9 Å². The average molecular weight is 282 g/mol. The summed E-state index contributed by atoms with van der Waals surface area (Å²) in [6.45, 7) is 3.86. The van der Waals surface area contributed by atoms with Crippen LogP contribution in [0.3, 0.4) is 0 Å². The number of aryl methyl sites for hydroxylation is 2. The van der Waals surface area contributed by atoms with Crippen molar-refractivity contribution in [1.82, 2.24) is 25.3 Å². The second-order valence-electron chi connectivity index (χ2n) is 4.59. The van der Waals surface area contributed by atoms with Crippen molar-refractivity contribution in [2.45, 2.75) is 26.3 Å². The van der Waals surface area contributed by atoms with Gasteiger partial charge in [0, 0.05) is 25.2 Å². The van der Waals surface area contributed by atoms with Crippen LogP contribution in [0, 0.1) is 6.92 Å². The minimum Gasteiger partial charge on any atom is -0.348 e. The Kier molecular flexibility index (Phi) is 3.90. The van der Waals surface area contributed by atoms with Crippen LogP contribution in [0.4, 0.5) is 0 Å². The number of H-pyrrole nitrogens is 1. The standard InChI is InChI=1S/C12H16ClN5O/c1-7(4-9-5-8(2)16-17-9)15-12(19)11-10(13)6-14-18(11)3/h5-7H,4H2,1-3H3,(H,15,19)(H,16,17)/t7-/m0/s1. The number of hydrogen-bond acceptors (Lipinski definition) is 3. The lowest BCUT2D eigenvalue weighted by Gasteiger charge is -2.12. The van der Waals surface area contributed by atoms with Gasteiger partial charge in [-0.2, -0.15) is 10.2 Å². The first kappa shape index (κ1) is 13.6. The van der Waals surface area contributed by atoms with Gasteiger partial charge >= 0.3 is 0 Å². The number of carbonyl (C=O) groups excluding carboxylic acids is 1. The van der Waals surface area contributed by atoms with Gasteiger partial charge in [-0.05, 0) is 19.9 Å². The van der Waals surface area contributed by atoms with E-state index in [4.69, 9.17) is 11.6 Å². The van der Waals surface area contributed by atoms with Crippen LogP contribution in [-0.4, -0.2) is 31.9 Å². The number of aromatic amines is 1. The molecule has 0 saturated heterocycles. The van der Waals surface area contributed by atoms with Gasteiger partial charge in [0.05, 0.1) is 16.9 Å². The maximum atomic E-state index is 12.1. The molecule has 19 heavy (non-hydrogen) atoms. The molecule has 0 aliphatic carbocycles. The number of nitrogens with zero attached hydrogens (tertiary/aromatic N) is 3. The fraction of sp³-hybridized carbons (Fsp3) is 0.417. The Morgan fingerprint density at radius 2 is 2.37 bits per heavy atom. The van der Waals surface area contributed by atoms with Crippen LogP contribution in [0.2, 0.25) is 5.02 Å². The van der Waals surface area contributed by atoms with Crippen molar-refractivity contribution in [1.29, 1.82) is 0 Å². The second-order valence-corrected chi connectivity index (χ2v) is 4.99. The number of halogens is 1. The molecule has 0 spiro atoms. The van der Waals surface area contributed by atoms with Crippen LogP contribution >= 0.6 is 11.6 Å². The Bertz CT molecular complexity index is 569. The van der Waals surface area contributed by atoms with Crippen molar-refractivity contribution in [3.63, 3.8) is 0 Å². The molecule has 6 nitrogen and oxygen atoms in total. The predicted octanol–water partition coefficient (Wildman–Crippen LogP) is 1.47. The summed E-state index contributed by atoms with van der Waals surface area (Å²) in [5.74, 6) is -0.232. The highest BCUT2D eigenvalue weighted by Gasteiger charge is 2.18. The molecular weight excluding hydrogens is 266 g/mol. The van der Waals surface area contributed by atoms with Crippen molar-refractivity contribution in [2.75, 3.05) is 0 Å². The summed E-state index contributed by atoms with van der Waals surface area (Å²) in [5.41, 5.74) is 2.29. The Balaban J connectivity index is 1.99. The van der Waals surface area contributed by atoms with Crippen LogP contribution in [-0.2, 0) is 13.5 Å². The van der Waals surface area contributed by atoms with Crippen molar-refractivity contribution in [3.8, 4) is 0 Å². The molecule has 2 aromatic heterocycles. The number of rotatable bonds is 4. The molecule has 0 aliphatic rings. The number of amides is 1. The van der Waals surface area contributed by atoms with E-state index in [9.17, 15) is 4.79 Å². The third-order valence-corrected chi connectivity index (χ3v) is 3.04. The zero-order chi connectivity index (χ0) is 14.0. The highest BCUT2D eigenvalue weighted by atomic mass is 35.5. The van der Waals surface area contributed by atoms with E-state index in [1.807, 2.05) is 19.9 Å². The van der Waals surface area contributed by atoms with E-state index in [-0.39, 0.29) is 11.9 Å². The van der Waals surface area contributed by atoms with E-state index in [1.54, 1.807) is 7.05 Å². The summed E-state index contributed by atoms with van der Waals surface area (Å²) in [4.78, 5) is 12.1. The molecule has 0 fully saturated rings. The molecular formula is C12H16ClN5O. The van der Waals surface area contributed by atoms with Crippen LogP contribution < -0.4 is 5.32 Å². The monoisotopic (exact) mass is 281 g/mol. The van der Waals surface area contributed by atoms with Gasteiger partial charge in [0.2, 0.25) is 0 Å². The quantitative estimate of drug-likeness (QED) is 0.891. The highest BCUT2D eigenvalue weighted by molar-refractivity contribution is 6.33. The molecule has 0 aromatic carbocycles. The first-order valence-electron chi connectivity index (χ1n) is 5.96. The number of hydrogen-bond donors (Lipinski definition) is 2. The van der Waals surface area contributed by atoms with E-state index >= 15 is 0 Å². The van der Waals surface area contributed by atoms with Gasteiger partial charge in [-0.15, -0.1) is 0 Å². The van der Waals surface area contributed by atoms with Crippen LogP contribution in [0.1, 0.15) is 28.8 Å². The predicted molar refractivity (Wildman–Crippen MR) is 72.2 cm³/mol. The number of carbonyl (C=O) groups is 1. The lowest BCUT2D eigenvalue weighted by Crippen LogP contribution is -2.35. The molecule has 0 saturated carbocycles. The van der Waals surface area contributed by atoms with Gasteiger partial charge in [-0.25, -0.2) is 0 Å². The summed E-state index contributed by atoms with van der Waals surface area (Å²) in [6, 6.07) is 1.92. The molecule has 2 heterocycles. The van der Waals surface area contributed by atoms with Crippen molar-refractivity contribution >= 4 is 17.5 Å². The molecule has 1 atom stereocenters. The molecule has 2 N–H and O–H groups in total. The fourth-order valence-electron chi connectivity index (χ4n) is 1.90. The highest BCUT2D eigenvalue weighted by Crippen LogP contribution is 2.14. The van der Waals surface area contributed by atoms with E-state index < -0.39 is 0 Å². The SMILES string of the molecule is Cc1cc(C[C@H](C)NC(=O)c2c(Cl)cnn2C)n[nH]1. The van der Waals surface area contributed by atoms with Crippen molar-refractivity contribution in [2.24, 2.45) is 7.05 Å². The molecule has 2 aromatic rings. The molecule has 0 bridgehead atoms. The summed E-state index contributed by atoms with van der Waals surface area (Å²) in [6.07, 6.45) is 2.11. The normalized spacial score (nSPS) is 12.4. The van der Waals surface area contributed by atoms with Crippen LogP contribution in [0.15, 0.2) is 12.3 Å². The van der Waals surface area contributed by atoms with Crippen LogP contribution in [0.5, 0.6) is 0 Å². The fourth-order valence-corrected chi connectivity index (χ4v) is 2.15. The van der Waals surface area contributed by atoms with Gasteiger partial charge in [-0.1, -0.05) is 11.6 Å². The van der Waals surface area contributed by atoms with Gasteiger partial charge in [0.25, 0.3) is 5.91 Å². The van der Waals surface area contributed by atoms with E-state index in [0.717, 1.165) is 11.4 Å².